The van der Waals surface area contributed by atoms with Crippen molar-refractivity contribution in [3.8, 4) is 0 Å². The lowest BCUT2D eigenvalue weighted by molar-refractivity contribution is 0.313. The van der Waals surface area contributed by atoms with Crippen molar-refractivity contribution in [3.05, 3.63) is 18.2 Å². The van der Waals surface area contributed by atoms with Gasteiger partial charge < -0.3 is 10.3 Å². The van der Waals surface area contributed by atoms with Gasteiger partial charge in [-0.25, -0.2) is 4.98 Å². The van der Waals surface area contributed by atoms with E-state index < -0.39 is 0 Å². The summed E-state index contributed by atoms with van der Waals surface area (Å²) in [6, 6.07) is 1.55. The molecule has 2 unspecified atom stereocenters. The van der Waals surface area contributed by atoms with Crippen molar-refractivity contribution < 1.29 is 0 Å². The third-order valence-electron chi connectivity index (χ3n) is 3.81. The first-order chi connectivity index (χ1) is 7.83. The first-order valence-corrected chi connectivity index (χ1v) is 6.27. The molecular weight excluding hydrogens is 200 g/mol. The highest BCUT2D eigenvalue weighted by Crippen LogP contribution is 2.31. The molecule has 4 heteroatoms. The third kappa shape index (κ3) is 2.13. The van der Waals surface area contributed by atoms with Gasteiger partial charge in [0.15, 0.2) is 0 Å². The number of aromatic nitrogens is 2. The summed E-state index contributed by atoms with van der Waals surface area (Å²) in [5, 5.41) is 3.63. The largest absolute Gasteiger partial charge is 0.347 e. The molecule has 1 saturated carbocycles. The van der Waals surface area contributed by atoms with Gasteiger partial charge in [0.05, 0.1) is 6.33 Å². The maximum atomic E-state index is 4.03. The van der Waals surface area contributed by atoms with Gasteiger partial charge in [0.25, 0.3) is 0 Å². The average Bonchev–Trinajstić information content (AvgIpc) is 2.86. The average molecular weight is 220 g/mol. The second-order valence-electron chi connectivity index (χ2n) is 5.23. The minimum atomic E-state index is 0.642. The van der Waals surface area contributed by atoms with Gasteiger partial charge in [0, 0.05) is 43.6 Å². The lowest BCUT2D eigenvalue weighted by Crippen LogP contribution is -2.35. The SMILES string of the molecule is CC1CN(C2CC2)CC1NCc1cnc[nH]1. The molecule has 88 valence electrons. The summed E-state index contributed by atoms with van der Waals surface area (Å²) in [7, 11) is 0. The van der Waals surface area contributed by atoms with Crippen LogP contribution in [-0.4, -0.2) is 40.0 Å². The Morgan fingerprint density at radius 3 is 3.06 bits per heavy atom. The van der Waals surface area contributed by atoms with Crippen LogP contribution in [0, 0.1) is 5.92 Å². The maximum Gasteiger partial charge on any atom is 0.0922 e. The van der Waals surface area contributed by atoms with Gasteiger partial charge in [-0.2, -0.15) is 0 Å². The Labute approximate surface area is 96.4 Å². The molecule has 1 saturated heterocycles. The third-order valence-corrected chi connectivity index (χ3v) is 3.81. The zero-order valence-corrected chi connectivity index (χ0v) is 9.82. The molecule has 2 heterocycles. The normalized spacial score (nSPS) is 31.1. The summed E-state index contributed by atoms with van der Waals surface area (Å²) >= 11 is 0. The molecule has 0 spiro atoms. The van der Waals surface area contributed by atoms with E-state index in [1.807, 2.05) is 6.20 Å². The van der Waals surface area contributed by atoms with Crippen LogP contribution in [0.25, 0.3) is 0 Å². The molecule has 2 atom stereocenters. The Hall–Kier alpha value is -0.870. The second kappa shape index (κ2) is 4.18. The lowest BCUT2D eigenvalue weighted by atomic mass is 10.1. The van der Waals surface area contributed by atoms with E-state index >= 15 is 0 Å². The zero-order valence-electron chi connectivity index (χ0n) is 9.82. The van der Waals surface area contributed by atoms with Crippen molar-refractivity contribution in [1.82, 2.24) is 20.2 Å². The summed E-state index contributed by atoms with van der Waals surface area (Å²) < 4.78 is 0. The standard InChI is InChI=1S/C12H20N4/c1-9-6-16(11-2-3-11)7-12(9)14-5-10-4-13-8-15-10/h4,8-9,11-12,14H,2-3,5-7H2,1H3,(H,13,15). The molecule has 0 radical (unpaired) electrons. The number of likely N-dealkylation sites (tertiary alicyclic amines) is 1. The molecule has 16 heavy (non-hydrogen) atoms. The van der Waals surface area contributed by atoms with Gasteiger partial charge in [-0.15, -0.1) is 0 Å². The molecule has 1 aliphatic carbocycles. The zero-order chi connectivity index (χ0) is 11.0. The first kappa shape index (κ1) is 10.3. The van der Waals surface area contributed by atoms with E-state index in [1.54, 1.807) is 6.33 Å². The molecular formula is C12H20N4. The number of aromatic amines is 1. The van der Waals surface area contributed by atoms with Crippen molar-refractivity contribution in [2.45, 2.75) is 38.4 Å². The minimum Gasteiger partial charge on any atom is -0.347 e. The maximum absolute atomic E-state index is 4.03. The molecule has 2 N–H and O–H groups in total. The minimum absolute atomic E-state index is 0.642. The van der Waals surface area contributed by atoms with Crippen molar-refractivity contribution in [3.63, 3.8) is 0 Å². The monoisotopic (exact) mass is 220 g/mol. The molecule has 2 fully saturated rings. The van der Waals surface area contributed by atoms with Crippen LogP contribution < -0.4 is 5.32 Å². The van der Waals surface area contributed by atoms with E-state index in [9.17, 15) is 0 Å². The number of nitrogens with zero attached hydrogens (tertiary/aromatic N) is 2. The number of nitrogens with one attached hydrogen (secondary N) is 2. The molecule has 1 aromatic rings. The summed E-state index contributed by atoms with van der Waals surface area (Å²) in [4.78, 5) is 9.82. The van der Waals surface area contributed by atoms with Gasteiger partial charge in [-0.05, 0) is 18.8 Å². The highest BCUT2D eigenvalue weighted by molar-refractivity contribution is 4.98. The number of hydrogen-bond donors (Lipinski definition) is 2. The summed E-state index contributed by atoms with van der Waals surface area (Å²) in [6.07, 6.45) is 6.47. The van der Waals surface area contributed by atoms with Crippen molar-refractivity contribution in [2.75, 3.05) is 13.1 Å². The van der Waals surface area contributed by atoms with E-state index in [4.69, 9.17) is 0 Å². The van der Waals surface area contributed by atoms with Gasteiger partial charge >= 0.3 is 0 Å². The first-order valence-electron chi connectivity index (χ1n) is 6.27. The van der Waals surface area contributed by atoms with Crippen LogP contribution in [0.15, 0.2) is 12.5 Å². The van der Waals surface area contributed by atoms with E-state index in [2.05, 4.69) is 27.1 Å². The summed E-state index contributed by atoms with van der Waals surface area (Å²) in [5.41, 5.74) is 1.18. The molecule has 1 aliphatic heterocycles. The predicted octanol–water partition coefficient (Wildman–Crippen LogP) is 0.982. The molecule has 3 rings (SSSR count). The topological polar surface area (TPSA) is 44.0 Å². The molecule has 0 bridgehead atoms. The summed E-state index contributed by atoms with van der Waals surface area (Å²) in [5.74, 6) is 0.767. The highest BCUT2D eigenvalue weighted by atomic mass is 15.2. The van der Waals surface area contributed by atoms with Crippen LogP contribution in [0.2, 0.25) is 0 Å². The Balaban J connectivity index is 1.51. The van der Waals surface area contributed by atoms with Crippen LogP contribution in [0.4, 0.5) is 0 Å². The number of rotatable bonds is 4. The van der Waals surface area contributed by atoms with Crippen LogP contribution in [0.3, 0.4) is 0 Å². The van der Waals surface area contributed by atoms with E-state index in [0.717, 1.165) is 18.5 Å². The Morgan fingerprint density at radius 2 is 2.38 bits per heavy atom. The van der Waals surface area contributed by atoms with Crippen molar-refractivity contribution >= 4 is 0 Å². The van der Waals surface area contributed by atoms with Crippen LogP contribution in [0.1, 0.15) is 25.5 Å². The lowest BCUT2D eigenvalue weighted by Gasteiger charge is -2.16. The van der Waals surface area contributed by atoms with Gasteiger partial charge in [-0.1, -0.05) is 6.92 Å². The smallest absolute Gasteiger partial charge is 0.0922 e. The fourth-order valence-electron chi connectivity index (χ4n) is 2.63. The second-order valence-corrected chi connectivity index (χ2v) is 5.23. The number of imidazole rings is 1. The number of H-pyrrole nitrogens is 1. The molecule has 0 aromatic carbocycles. The molecule has 0 amide bonds. The van der Waals surface area contributed by atoms with Gasteiger partial charge in [0.2, 0.25) is 0 Å². The van der Waals surface area contributed by atoms with E-state index in [0.29, 0.717) is 6.04 Å². The van der Waals surface area contributed by atoms with Crippen molar-refractivity contribution in [1.29, 1.82) is 0 Å². The Morgan fingerprint density at radius 1 is 1.50 bits per heavy atom. The van der Waals surface area contributed by atoms with Crippen LogP contribution in [0.5, 0.6) is 0 Å². The van der Waals surface area contributed by atoms with Crippen LogP contribution >= 0.6 is 0 Å². The fraction of sp³-hybridized carbons (Fsp3) is 0.750. The van der Waals surface area contributed by atoms with Gasteiger partial charge in [-0.3, -0.25) is 4.90 Å². The quantitative estimate of drug-likeness (QED) is 0.795. The molecule has 2 aliphatic rings. The van der Waals surface area contributed by atoms with Crippen molar-refractivity contribution in [2.24, 2.45) is 5.92 Å². The Bertz CT molecular complexity index is 331. The van der Waals surface area contributed by atoms with Crippen LogP contribution in [-0.2, 0) is 6.54 Å². The summed E-state index contributed by atoms with van der Waals surface area (Å²) in [6.45, 7) is 5.76. The Kier molecular flexibility index (Phi) is 2.69. The molecule has 1 aromatic heterocycles. The fourth-order valence-corrected chi connectivity index (χ4v) is 2.63. The highest BCUT2D eigenvalue weighted by Gasteiger charge is 2.37. The predicted molar refractivity (Wildman–Crippen MR) is 63.0 cm³/mol. The van der Waals surface area contributed by atoms with E-state index in [-0.39, 0.29) is 0 Å². The van der Waals surface area contributed by atoms with Gasteiger partial charge in [0.1, 0.15) is 0 Å². The number of hydrogen-bond acceptors (Lipinski definition) is 3. The molecule has 4 nitrogen and oxygen atoms in total. The van der Waals surface area contributed by atoms with E-state index in [1.165, 1.54) is 31.6 Å².